The molecule has 0 aromatic carbocycles. The van der Waals surface area contributed by atoms with Crippen LogP contribution in [0.3, 0.4) is 0 Å². The van der Waals surface area contributed by atoms with E-state index in [1.165, 1.54) is 17.1 Å². The molecule has 14 nitrogen and oxygen atoms in total. The first-order valence-electron chi connectivity index (χ1n) is 13.2. The van der Waals surface area contributed by atoms with Gasteiger partial charge in [0.25, 0.3) is 0 Å². The number of hydrogen-bond acceptors (Lipinski definition) is 10. The van der Waals surface area contributed by atoms with Crippen LogP contribution in [0.2, 0.25) is 0 Å². The Bertz CT molecular complexity index is 871. The van der Waals surface area contributed by atoms with Crippen molar-refractivity contribution in [2.45, 2.75) is 63.4 Å². The van der Waals surface area contributed by atoms with Crippen molar-refractivity contribution in [2.75, 3.05) is 52.5 Å². The van der Waals surface area contributed by atoms with E-state index in [-0.39, 0.29) is 51.8 Å². The lowest BCUT2D eigenvalue weighted by molar-refractivity contribution is -0.159. The van der Waals surface area contributed by atoms with Crippen LogP contribution in [0, 0.1) is 0 Å². The standard InChI is InChI=1S/C26H45N5O9/c1-6-12-38-22(34)29-14-19(32)15-30(24(36)39-13-7-2)16-26(37)17-31(18-26)21(33)20(27)10-8-9-11-28-23(35)40-25(3,4)5/h6-7,19-20,32,37H,1-2,8-18,27H2,3-5H3,(H,28,35)(H,29,34)/t19-,20+/m1/s1. The van der Waals surface area contributed by atoms with Gasteiger partial charge in [-0.2, -0.15) is 0 Å². The molecular formula is C26H45N5O9. The summed E-state index contributed by atoms with van der Waals surface area (Å²) in [4.78, 5) is 50.9. The zero-order valence-corrected chi connectivity index (χ0v) is 23.7. The van der Waals surface area contributed by atoms with Gasteiger partial charge >= 0.3 is 18.3 Å². The monoisotopic (exact) mass is 571 g/mol. The topological polar surface area (TPSA) is 193 Å². The van der Waals surface area contributed by atoms with Crippen LogP contribution in [0.4, 0.5) is 14.4 Å². The number of β-amino-alcohol motifs (C(OH)–C–C–N with tert-alkyl or cyclic N) is 1. The molecule has 1 fully saturated rings. The fourth-order valence-corrected chi connectivity index (χ4v) is 3.76. The number of rotatable bonds is 16. The molecule has 0 saturated carbocycles. The number of alkyl carbamates (subject to hydrolysis) is 2. The van der Waals surface area contributed by atoms with Gasteiger partial charge in [-0.15, -0.1) is 0 Å². The first kappa shape index (κ1) is 34.7. The van der Waals surface area contributed by atoms with Crippen molar-refractivity contribution in [3.8, 4) is 0 Å². The summed E-state index contributed by atoms with van der Waals surface area (Å²) in [5, 5.41) is 26.2. The molecule has 0 aliphatic carbocycles. The summed E-state index contributed by atoms with van der Waals surface area (Å²) in [6.45, 7) is 11.7. The van der Waals surface area contributed by atoms with Crippen LogP contribution < -0.4 is 16.4 Å². The number of carbonyl (C=O) groups excluding carboxylic acids is 4. The van der Waals surface area contributed by atoms with E-state index in [9.17, 15) is 29.4 Å². The van der Waals surface area contributed by atoms with Crippen LogP contribution in [0.25, 0.3) is 0 Å². The highest BCUT2D eigenvalue weighted by molar-refractivity contribution is 5.82. The fraction of sp³-hybridized carbons (Fsp3) is 0.692. The van der Waals surface area contributed by atoms with Crippen molar-refractivity contribution in [1.82, 2.24) is 20.4 Å². The fourth-order valence-electron chi connectivity index (χ4n) is 3.76. The Hall–Kier alpha value is -3.36. The molecule has 1 aliphatic heterocycles. The molecule has 40 heavy (non-hydrogen) atoms. The highest BCUT2D eigenvalue weighted by Gasteiger charge is 2.46. The van der Waals surface area contributed by atoms with Crippen molar-refractivity contribution in [1.29, 1.82) is 0 Å². The maximum atomic E-state index is 12.7. The van der Waals surface area contributed by atoms with Gasteiger partial charge in [0.05, 0.1) is 38.3 Å². The molecule has 4 amide bonds. The third-order valence-electron chi connectivity index (χ3n) is 5.52. The van der Waals surface area contributed by atoms with E-state index in [2.05, 4.69) is 23.8 Å². The SMILES string of the molecule is C=CCOC(=O)NC[C@@H](O)CN(CC1(O)CN(C(=O)[C@@H](N)CCCCNC(=O)OC(C)(C)C)C1)C(=O)OCC=C. The largest absolute Gasteiger partial charge is 0.445 e. The summed E-state index contributed by atoms with van der Waals surface area (Å²) in [6.07, 6.45) is 1.09. The number of likely N-dealkylation sites (tertiary alicyclic amines) is 1. The molecule has 14 heteroatoms. The number of nitrogens with one attached hydrogen (secondary N) is 2. The van der Waals surface area contributed by atoms with Crippen molar-refractivity contribution in [3.05, 3.63) is 25.3 Å². The number of hydrogen-bond donors (Lipinski definition) is 5. The van der Waals surface area contributed by atoms with Crippen LogP contribution in [-0.2, 0) is 19.0 Å². The smallest absolute Gasteiger partial charge is 0.410 e. The highest BCUT2D eigenvalue weighted by Crippen LogP contribution is 2.24. The van der Waals surface area contributed by atoms with Gasteiger partial charge in [0.15, 0.2) is 0 Å². The van der Waals surface area contributed by atoms with Crippen LogP contribution in [0.15, 0.2) is 25.3 Å². The quantitative estimate of drug-likeness (QED) is 0.0988. The summed E-state index contributed by atoms with van der Waals surface area (Å²) in [7, 11) is 0. The number of carbonyl (C=O) groups is 4. The Morgan fingerprint density at radius 3 is 2.30 bits per heavy atom. The van der Waals surface area contributed by atoms with Crippen molar-refractivity contribution in [3.63, 3.8) is 0 Å². The molecular weight excluding hydrogens is 526 g/mol. The molecule has 0 spiro atoms. The Morgan fingerprint density at radius 2 is 1.70 bits per heavy atom. The molecule has 1 saturated heterocycles. The Balaban J connectivity index is 2.52. The van der Waals surface area contributed by atoms with E-state index in [0.717, 1.165) is 4.90 Å². The van der Waals surface area contributed by atoms with E-state index in [1.54, 1.807) is 20.8 Å². The van der Waals surface area contributed by atoms with Crippen molar-refractivity contribution in [2.24, 2.45) is 5.73 Å². The number of ether oxygens (including phenoxy) is 3. The third-order valence-corrected chi connectivity index (χ3v) is 5.52. The number of nitrogens with zero attached hydrogens (tertiary/aromatic N) is 2. The van der Waals surface area contributed by atoms with Crippen LogP contribution >= 0.6 is 0 Å². The molecule has 0 unspecified atom stereocenters. The minimum atomic E-state index is -1.43. The molecule has 228 valence electrons. The summed E-state index contributed by atoms with van der Waals surface area (Å²) in [5.74, 6) is -0.340. The van der Waals surface area contributed by atoms with Crippen molar-refractivity contribution < 1.29 is 43.6 Å². The summed E-state index contributed by atoms with van der Waals surface area (Å²) < 4.78 is 15.0. The van der Waals surface area contributed by atoms with E-state index in [0.29, 0.717) is 25.8 Å². The average Bonchev–Trinajstić information content (AvgIpc) is 2.85. The van der Waals surface area contributed by atoms with Gasteiger partial charge in [-0.25, -0.2) is 14.4 Å². The van der Waals surface area contributed by atoms with Gasteiger partial charge in [0, 0.05) is 13.1 Å². The minimum absolute atomic E-state index is 0.000843. The summed E-state index contributed by atoms with van der Waals surface area (Å²) in [5.41, 5.74) is 4.02. The van der Waals surface area contributed by atoms with Crippen molar-refractivity contribution >= 4 is 24.2 Å². The lowest BCUT2D eigenvalue weighted by Crippen LogP contribution is -2.70. The second-order valence-corrected chi connectivity index (χ2v) is 10.6. The molecule has 0 aromatic heterocycles. The van der Waals surface area contributed by atoms with E-state index in [1.807, 2.05) is 0 Å². The first-order valence-corrected chi connectivity index (χ1v) is 13.2. The molecule has 2 atom stereocenters. The molecule has 0 aromatic rings. The van der Waals surface area contributed by atoms with Gasteiger partial charge in [-0.1, -0.05) is 25.3 Å². The predicted molar refractivity (Wildman–Crippen MR) is 146 cm³/mol. The summed E-state index contributed by atoms with van der Waals surface area (Å²) >= 11 is 0. The zero-order chi connectivity index (χ0) is 30.3. The second kappa shape index (κ2) is 16.7. The average molecular weight is 572 g/mol. The third kappa shape index (κ3) is 13.6. The maximum Gasteiger partial charge on any atom is 0.410 e. The molecule has 1 heterocycles. The number of amides is 4. The lowest BCUT2D eigenvalue weighted by Gasteiger charge is -2.48. The van der Waals surface area contributed by atoms with E-state index < -0.39 is 41.6 Å². The Kier molecular flexibility index (Phi) is 14.5. The Morgan fingerprint density at radius 1 is 1.07 bits per heavy atom. The van der Waals surface area contributed by atoms with Gasteiger partial charge in [-0.3, -0.25) is 4.79 Å². The molecule has 6 N–H and O–H groups in total. The normalized spacial score (nSPS) is 15.5. The van der Waals surface area contributed by atoms with Gasteiger partial charge in [0.1, 0.15) is 24.4 Å². The predicted octanol–water partition coefficient (Wildman–Crippen LogP) is 0.480. The number of nitrogens with two attached hydrogens (primary N) is 1. The zero-order valence-electron chi connectivity index (χ0n) is 23.7. The summed E-state index contributed by atoms with van der Waals surface area (Å²) in [6, 6.07) is -0.784. The van der Waals surface area contributed by atoms with Gasteiger partial charge in [0.2, 0.25) is 5.91 Å². The molecule has 1 rings (SSSR count). The van der Waals surface area contributed by atoms with E-state index >= 15 is 0 Å². The van der Waals surface area contributed by atoms with Gasteiger partial charge < -0.3 is 50.6 Å². The highest BCUT2D eigenvalue weighted by atomic mass is 16.6. The molecule has 1 aliphatic rings. The number of unbranched alkanes of at least 4 members (excludes halogenated alkanes) is 1. The number of aliphatic hydroxyl groups is 2. The minimum Gasteiger partial charge on any atom is -0.445 e. The molecule has 0 radical (unpaired) electrons. The van der Waals surface area contributed by atoms with Gasteiger partial charge in [-0.05, 0) is 40.0 Å². The van der Waals surface area contributed by atoms with Crippen LogP contribution in [0.1, 0.15) is 40.0 Å². The van der Waals surface area contributed by atoms with Crippen LogP contribution in [0.5, 0.6) is 0 Å². The number of aliphatic hydroxyl groups excluding tert-OH is 1. The second-order valence-electron chi connectivity index (χ2n) is 10.6. The lowest BCUT2D eigenvalue weighted by atomic mass is 9.92. The van der Waals surface area contributed by atoms with Crippen LogP contribution in [-0.4, -0.2) is 120 Å². The molecule has 0 bridgehead atoms. The van der Waals surface area contributed by atoms with E-state index in [4.69, 9.17) is 19.9 Å². The Labute approximate surface area is 235 Å². The maximum absolute atomic E-state index is 12.7. The first-order chi connectivity index (χ1) is 18.7.